The summed E-state index contributed by atoms with van der Waals surface area (Å²) in [5, 5.41) is 0. The fraction of sp³-hybridized carbons (Fsp3) is 0.533. The molecule has 2 aromatic rings. The van der Waals surface area contributed by atoms with Crippen LogP contribution < -0.4 is 5.73 Å². The Balaban J connectivity index is 2.39. The van der Waals surface area contributed by atoms with E-state index in [1.807, 2.05) is 6.07 Å². The monoisotopic (exact) mass is 245 g/mol. The maximum absolute atomic E-state index is 6.27. The van der Waals surface area contributed by atoms with E-state index in [0.29, 0.717) is 0 Å². The lowest BCUT2D eigenvalue weighted by Crippen LogP contribution is -2.37. The van der Waals surface area contributed by atoms with E-state index in [4.69, 9.17) is 10.7 Å². The number of rotatable bonds is 3. The first-order valence-electron chi connectivity index (χ1n) is 6.63. The highest BCUT2D eigenvalue weighted by molar-refractivity contribution is 5.75. The summed E-state index contributed by atoms with van der Waals surface area (Å²) < 4.78 is 2.26. The van der Waals surface area contributed by atoms with Gasteiger partial charge >= 0.3 is 0 Å². The summed E-state index contributed by atoms with van der Waals surface area (Å²) in [6.45, 7) is 9.62. The minimum absolute atomic E-state index is 0.108. The fourth-order valence-electron chi connectivity index (χ4n) is 2.14. The third-order valence-corrected chi connectivity index (χ3v) is 3.56. The van der Waals surface area contributed by atoms with E-state index < -0.39 is 0 Å². The molecule has 0 saturated heterocycles. The number of nitrogens with two attached hydrogens (primary N) is 1. The van der Waals surface area contributed by atoms with Gasteiger partial charge in [0.1, 0.15) is 5.82 Å². The van der Waals surface area contributed by atoms with Crippen LogP contribution in [0.1, 0.15) is 33.5 Å². The number of hydrogen-bond donors (Lipinski definition) is 1. The minimum Gasteiger partial charge on any atom is -0.328 e. The van der Waals surface area contributed by atoms with E-state index in [1.54, 1.807) is 0 Å². The van der Waals surface area contributed by atoms with Crippen molar-refractivity contribution in [3.8, 4) is 0 Å². The van der Waals surface area contributed by atoms with Gasteiger partial charge in [-0.05, 0) is 24.5 Å². The molecular formula is C15H23N3. The minimum atomic E-state index is 0.108. The van der Waals surface area contributed by atoms with Crippen LogP contribution in [0.25, 0.3) is 11.0 Å². The topological polar surface area (TPSA) is 43.8 Å². The number of aromatic nitrogens is 2. The molecule has 0 radical (unpaired) electrons. The van der Waals surface area contributed by atoms with Crippen LogP contribution in [0, 0.1) is 5.41 Å². The van der Waals surface area contributed by atoms with E-state index in [2.05, 4.69) is 50.5 Å². The number of hydrogen-bond acceptors (Lipinski definition) is 2. The van der Waals surface area contributed by atoms with Crippen LogP contribution in [-0.2, 0) is 13.0 Å². The molecule has 0 aliphatic heterocycles. The second-order valence-corrected chi connectivity index (χ2v) is 5.94. The van der Waals surface area contributed by atoms with Gasteiger partial charge in [0, 0.05) is 19.0 Å². The van der Waals surface area contributed by atoms with Crippen molar-refractivity contribution in [1.82, 2.24) is 9.55 Å². The van der Waals surface area contributed by atoms with Gasteiger partial charge in [-0.15, -0.1) is 0 Å². The van der Waals surface area contributed by atoms with Crippen molar-refractivity contribution in [1.29, 1.82) is 0 Å². The predicted molar refractivity (Wildman–Crippen MR) is 76.5 cm³/mol. The third-order valence-electron chi connectivity index (χ3n) is 3.56. The molecular weight excluding hydrogens is 222 g/mol. The molecule has 3 nitrogen and oxygen atoms in total. The van der Waals surface area contributed by atoms with Gasteiger partial charge in [0.2, 0.25) is 0 Å². The molecule has 1 heterocycles. The predicted octanol–water partition coefficient (Wildman–Crippen LogP) is 2.97. The molecule has 0 saturated carbocycles. The van der Waals surface area contributed by atoms with Crippen LogP contribution in [0.5, 0.6) is 0 Å². The smallest absolute Gasteiger partial charge is 0.111 e. The fourth-order valence-corrected chi connectivity index (χ4v) is 2.14. The molecule has 0 amide bonds. The number of aryl methyl sites for hydroxylation is 1. The van der Waals surface area contributed by atoms with Gasteiger partial charge in [-0.2, -0.15) is 0 Å². The van der Waals surface area contributed by atoms with Gasteiger partial charge in [0.05, 0.1) is 11.0 Å². The molecule has 1 aromatic heterocycles. The van der Waals surface area contributed by atoms with Crippen LogP contribution in [-0.4, -0.2) is 15.6 Å². The molecule has 3 heteroatoms. The Labute approximate surface area is 109 Å². The zero-order valence-electron chi connectivity index (χ0n) is 11.8. The van der Waals surface area contributed by atoms with Crippen molar-refractivity contribution in [3.05, 3.63) is 30.1 Å². The average Bonchev–Trinajstić information content (AvgIpc) is 2.64. The standard InChI is InChI=1S/C15H23N3/c1-5-18-12-9-7-6-8-11(12)17-14(18)10-13(16)15(2,3)4/h6-9,13H,5,10,16H2,1-4H3. The Bertz CT molecular complexity index is 534. The second-order valence-electron chi connectivity index (χ2n) is 5.94. The summed E-state index contributed by atoms with van der Waals surface area (Å²) in [6, 6.07) is 8.40. The number of imidazole rings is 1. The van der Waals surface area contributed by atoms with Crippen molar-refractivity contribution in [3.63, 3.8) is 0 Å². The normalized spacial score (nSPS) is 14.1. The molecule has 0 bridgehead atoms. The summed E-state index contributed by atoms with van der Waals surface area (Å²) in [5.41, 5.74) is 8.65. The largest absolute Gasteiger partial charge is 0.328 e. The van der Waals surface area contributed by atoms with Crippen LogP contribution in [0.15, 0.2) is 24.3 Å². The van der Waals surface area contributed by atoms with Crippen molar-refractivity contribution >= 4 is 11.0 Å². The second kappa shape index (κ2) is 4.73. The molecule has 1 aromatic carbocycles. The zero-order chi connectivity index (χ0) is 13.3. The van der Waals surface area contributed by atoms with Gasteiger partial charge in [0.25, 0.3) is 0 Å². The molecule has 1 unspecified atom stereocenters. The molecule has 0 aliphatic rings. The quantitative estimate of drug-likeness (QED) is 0.903. The first kappa shape index (κ1) is 13.1. The summed E-state index contributed by atoms with van der Waals surface area (Å²) in [7, 11) is 0. The zero-order valence-corrected chi connectivity index (χ0v) is 11.8. The van der Waals surface area contributed by atoms with Gasteiger partial charge in [-0.25, -0.2) is 4.98 Å². The summed E-state index contributed by atoms with van der Waals surface area (Å²) in [4.78, 5) is 4.72. The first-order valence-corrected chi connectivity index (χ1v) is 6.63. The van der Waals surface area contributed by atoms with Crippen LogP contribution in [0.3, 0.4) is 0 Å². The molecule has 2 rings (SSSR count). The maximum Gasteiger partial charge on any atom is 0.111 e. The lowest BCUT2D eigenvalue weighted by Gasteiger charge is -2.26. The summed E-state index contributed by atoms with van der Waals surface area (Å²) >= 11 is 0. The molecule has 2 N–H and O–H groups in total. The number of benzene rings is 1. The number of para-hydroxylation sites is 2. The molecule has 18 heavy (non-hydrogen) atoms. The highest BCUT2D eigenvalue weighted by Gasteiger charge is 2.23. The van der Waals surface area contributed by atoms with Crippen LogP contribution >= 0.6 is 0 Å². The average molecular weight is 245 g/mol. The Morgan fingerprint density at radius 1 is 1.28 bits per heavy atom. The molecule has 1 atom stereocenters. The highest BCUT2D eigenvalue weighted by Crippen LogP contribution is 2.23. The van der Waals surface area contributed by atoms with Crippen LogP contribution in [0.4, 0.5) is 0 Å². The molecule has 0 fully saturated rings. The highest BCUT2D eigenvalue weighted by atomic mass is 15.1. The summed E-state index contributed by atoms with van der Waals surface area (Å²) in [6.07, 6.45) is 0.825. The van der Waals surface area contributed by atoms with Crippen molar-refractivity contribution < 1.29 is 0 Å². The number of nitrogens with zero attached hydrogens (tertiary/aromatic N) is 2. The Kier molecular flexibility index (Phi) is 3.44. The van der Waals surface area contributed by atoms with Gasteiger partial charge < -0.3 is 10.3 Å². The Hall–Kier alpha value is -1.35. The van der Waals surface area contributed by atoms with Crippen molar-refractivity contribution in [2.75, 3.05) is 0 Å². The van der Waals surface area contributed by atoms with Crippen molar-refractivity contribution in [2.45, 2.75) is 46.7 Å². The Morgan fingerprint density at radius 2 is 1.94 bits per heavy atom. The molecule has 0 spiro atoms. The lowest BCUT2D eigenvalue weighted by molar-refractivity contribution is 0.313. The van der Waals surface area contributed by atoms with Gasteiger partial charge in [-0.1, -0.05) is 32.9 Å². The summed E-state index contributed by atoms with van der Waals surface area (Å²) in [5.74, 6) is 1.10. The molecule has 98 valence electrons. The maximum atomic E-state index is 6.27. The SMILES string of the molecule is CCn1c(CC(N)C(C)(C)C)nc2ccccc21. The van der Waals surface area contributed by atoms with E-state index in [-0.39, 0.29) is 11.5 Å². The van der Waals surface area contributed by atoms with Crippen LogP contribution in [0.2, 0.25) is 0 Å². The van der Waals surface area contributed by atoms with E-state index in [1.165, 1.54) is 5.52 Å². The first-order chi connectivity index (χ1) is 8.43. The number of fused-ring (bicyclic) bond motifs is 1. The lowest BCUT2D eigenvalue weighted by atomic mass is 9.85. The van der Waals surface area contributed by atoms with Crippen molar-refractivity contribution in [2.24, 2.45) is 11.1 Å². The Morgan fingerprint density at radius 3 is 2.56 bits per heavy atom. The van der Waals surface area contributed by atoms with Gasteiger partial charge in [0.15, 0.2) is 0 Å². The van der Waals surface area contributed by atoms with E-state index >= 15 is 0 Å². The van der Waals surface area contributed by atoms with E-state index in [0.717, 1.165) is 24.3 Å². The van der Waals surface area contributed by atoms with Gasteiger partial charge in [-0.3, -0.25) is 0 Å². The third kappa shape index (κ3) is 2.41. The van der Waals surface area contributed by atoms with E-state index in [9.17, 15) is 0 Å². The molecule has 0 aliphatic carbocycles.